The van der Waals surface area contributed by atoms with E-state index in [0.717, 1.165) is 11.0 Å². The summed E-state index contributed by atoms with van der Waals surface area (Å²) in [7, 11) is 0. The predicted molar refractivity (Wildman–Crippen MR) is 241 cm³/mol. The van der Waals surface area contributed by atoms with Crippen LogP contribution in [0.5, 0.6) is 0 Å². The SMILES string of the molecule is Cc1cc(C(C)(C)C)cc(C)c1N1c2ccc(-c3ccc4occc4c3)cc2B2c3cc(C(C)(C)C)ccc3N(c3ccc(C(C)(C)C)cc3)c3cccc1c32. The lowest BCUT2D eigenvalue weighted by atomic mass is 9.33. The number of anilines is 6. The molecule has 9 rings (SSSR count). The van der Waals surface area contributed by atoms with Crippen LogP contribution in [0, 0.1) is 13.8 Å². The Kier molecular flexibility index (Phi) is 8.09. The molecule has 280 valence electrons. The molecule has 0 unspecified atom stereocenters. The Hall–Kier alpha value is -5.48. The molecule has 0 radical (unpaired) electrons. The second kappa shape index (κ2) is 12.5. The van der Waals surface area contributed by atoms with Gasteiger partial charge in [0.05, 0.1) is 12.0 Å². The van der Waals surface area contributed by atoms with Crippen LogP contribution in [0.4, 0.5) is 34.1 Å². The zero-order chi connectivity index (χ0) is 39.5. The highest BCUT2D eigenvalue weighted by molar-refractivity contribution is 7.00. The summed E-state index contributed by atoms with van der Waals surface area (Å²) in [6.45, 7) is 25.4. The Labute approximate surface area is 334 Å². The molecule has 0 atom stereocenters. The van der Waals surface area contributed by atoms with E-state index in [1.807, 2.05) is 0 Å². The van der Waals surface area contributed by atoms with Crippen LogP contribution in [-0.4, -0.2) is 6.71 Å². The molecule has 0 bridgehead atoms. The topological polar surface area (TPSA) is 19.6 Å². The van der Waals surface area contributed by atoms with E-state index in [1.54, 1.807) is 6.26 Å². The number of hydrogen-bond acceptors (Lipinski definition) is 3. The molecule has 0 N–H and O–H groups in total. The van der Waals surface area contributed by atoms with Crippen molar-refractivity contribution < 1.29 is 4.42 Å². The molecule has 7 aromatic rings. The summed E-state index contributed by atoms with van der Waals surface area (Å²) in [5.41, 5.74) is 21.4. The number of furan rings is 1. The minimum Gasteiger partial charge on any atom is -0.464 e. The van der Waals surface area contributed by atoms with Gasteiger partial charge in [-0.3, -0.25) is 0 Å². The Morgan fingerprint density at radius 1 is 0.482 bits per heavy atom. The maximum atomic E-state index is 5.74. The average molecular weight is 733 g/mol. The van der Waals surface area contributed by atoms with E-state index < -0.39 is 0 Å². The Morgan fingerprint density at radius 2 is 1.04 bits per heavy atom. The summed E-state index contributed by atoms with van der Waals surface area (Å²) in [4.78, 5) is 5.09. The zero-order valence-corrected chi connectivity index (χ0v) is 34.9. The molecule has 0 saturated carbocycles. The third-order valence-corrected chi connectivity index (χ3v) is 12.2. The van der Waals surface area contributed by atoms with Crippen LogP contribution in [0.2, 0.25) is 0 Å². The lowest BCUT2D eigenvalue weighted by molar-refractivity contribution is 0.589. The summed E-state index contributed by atoms with van der Waals surface area (Å²) in [6.07, 6.45) is 1.78. The van der Waals surface area contributed by atoms with Gasteiger partial charge in [-0.05, 0) is 140 Å². The molecule has 0 fully saturated rings. The van der Waals surface area contributed by atoms with Gasteiger partial charge in [-0.2, -0.15) is 0 Å². The summed E-state index contributed by atoms with van der Waals surface area (Å²) in [5.74, 6) is 0. The summed E-state index contributed by atoms with van der Waals surface area (Å²) < 4.78 is 5.74. The normalized spacial score (nSPS) is 13.9. The minimum absolute atomic E-state index is 0.0115. The quantitative estimate of drug-likeness (QED) is 0.169. The summed E-state index contributed by atoms with van der Waals surface area (Å²) in [6, 6.07) is 44.1. The van der Waals surface area contributed by atoms with Gasteiger partial charge in [0.25, 0.3) is 6.71 Å². The number of rotatable bonds is 3. The van der Waals surface area contributed by atoms with Gasteiger partial charge >= 0.3 is 0 Å². The third-order valence-electron chi connectivity index (χ3n) is 12.2. The van der Waals surface area contributed by atoms with Crippen molar-refractivity contribution in [2.45, 2.75) is 92.4 Å². The first-order valence-corrected chi connectivity index (χ1v) is 20.2. The molecule has 0 aliphatic carbocycles. The van der Waals surface area contributed by atoms with E-state index in [9.17, 15) is 0 Å². The molecule has 3 heterocycles. The van der Waals surface area contributed by atoms with Crippen LogP contribution in [0.1, 0.15) is 90.1 Å². The Bertz CT molecular complexity index is 2660. The lowest BCUT2D eigenvalue weighted by Gasteiger charge is -2.45. The van der Waals surface area contributed by atoms with E-state index in [4.69, 9.17) is 4.42 Å². The van der Waals surface area contributed by atoms with Crippen molar-refractivity contribution in [2.24, 2.45) is 0 Å². The number of fused-ring (bicyclic) bond motifs is 5. The molecule has 4 heteroatoms. The van der Waals surface area contributed by atoms with E-state index in [-0.39, 0.29) is 23.0 Å². The average Bonchev–Trinajstić information content (AvgIpc) is 3.62. The maximum Gasteiger partial charge on any atom is 0.252 e. The largest absolute Gasteiger partial charge is 0.464 e. The number of nitrogens with zero attached hydrogens (tertiary/aromatic N) is 2. The number of hydrogen-bond donors (Lipinski definition) is 0. The van der Waals surface area contributed by atoms with E-state index in [0.29, 0.717) is 0 Å². The second-order valence-electron chi connectivity index (χ2n) is 19.3. The second-order valence-corrected chi connectivity index (χ2v) is 19.3. The van der Waals surface area contributed by atoms with Crippen molar-refractivity contribution in [1.82, 2.24) is 0 Å². The van der Waals surface area contributed by atoms with Crippen molar-refractivity contribution >= 4 is 68.2 Å². The van der Waals surface area contributed by atoms with E-state index >= 15 is 0 Å². The molecule has 0 spiro atoms. The highest BCUT2D eigenvalue weighted by Crippen LogP contribution is 2.47. The van der Waals surface area contributed by atoms with Gasteiger partial charge in [0.15, 0.2) is 0 Å². The molecule has 0 amide bonds. The Morgan fingerprint density at radius 3 is 1.70 bits per heavy atom. The molecule has 0 saturated heterocycles. The minimum atomic E-state index is -0.0115. The highest BCUT2D eigenvalue weighted by atomic mass is 16.3. The fourth-order valence-electron chi connectivity index (χ4n) is 9.11. The predicted octanol–water partition coefficient (Wildman–Crippen LogP) is 12.7. The monoisotopic (exact) mass is 732 g/mol. The van der Waals surface area contributed by atoms with Gasteiger partial charge < -0.3 is 14.2 Å². The van der Waals surface area contributed by atoms with Gasteiger partial charge in [0.1, 0.15) is 5.58 Å². The maximum absolute atomic E-state index is 5.74. The first-order chi connectivity index (χ1) is 26.5. The van der Waals surface area contributed by atoms with Crippen LogP contribution in [0.15, 0.2) is 126 Å². The van der Waals surface area contributed by atoms with Gasteiger partial charge in [0, 0.05) is 33.8 Å². The van der Waals surface area contributed by atoms with Crippen LogP contribution < -0.4 is 26.2 Å². The third kappa shape index (κ3) is 5.79. The van der Waals surface area contributed by atoms with Crippen LogP contribution in [-0.2, 0) is 16.2 Å². The first-order valence-electron chi connectivity index (χ1n) is 20.2. The smallest absolute Gasteiger partial charge is 0.252 e. The molecular weight excluding hydrogens is 679 g/mol. The molecule has 6 aromatic carbocycles. The van der Waals surface area contributed by atoms with Crippen molar-refractivity contribution in [1.29, 1.82) is 0 Å². The molecule has 2 aliphatic rings. The fraction of sp³-hybridized carbons (Fsp3) is 0.269. The van der Waals surface area contributed by atoms with E-state index in [2.05, 4.69) is 201 Å². The van der Waals surface area contributed by atoms with Crippen molar-refractivity contribution in [2.75, 3.05) is 9.80 Å². The van der Waals surface area contributed by atoms with Crippen LogP contribution in [0.3, 0.4) is 0 Å². The molecular formula is C52H53BN2O. The molecule has 56 heavy (non-hydrogen) atoms. The molecule has 2 aliphatic heterocycles. The van der Waals surface area contributed by atoms with Gasteiger partial charge in [-0.15, -0.1) is 0 Å². The van der Waals surface area contributed by atoms with Gasteiger partial charge in [0.2, 0.25) is 0 Å². The first kappa shape index (κ1) is 36.2. The van der Waals surface area contributed by atoms with E-state index in [1.165, 1.54) is 89.5 Å². The summed E-state index contributed by atoms with van der Waals surface area (Å²) >= 11 is 0. The fourth-order valence-corrected chi connectivity index (χ4v) is 9.11. The van der Waals surface area contributed by atoms with Gasteiger partial charge in [-0.1, -0.05) is 123 Å². The summed E-state index contributed by atoms with van der Waals surface area (Å²) in [5, 5.41) is 1.12. The van der Waals surface area contributed by atoms with Crippen molar-refractivity contribution in [3.8, 4) is 11.1 Å². The van der Waals surface area contributed by atoms with Gasteiger partial charge in [-0.25, -0.2) is 0 Å². The van der Waals surface area contributed by atoms with Crippen molar-refractivity contribution in [3.63, 3.8) is 0 Å². The van der Waals surface area contributed by atoms with Crippen molar-refractivity contribution in [3.05, 3.63) is 149 Å². The number of aryl methyl sites for hydroxylation is 2. The lowest BCUT2D eigenvalue weighted by Crippen LogP contribution is -2.61. The zero-order valence-electron chi connectivity index (χ0n) is 34.9. The van der Waals surface area contributed by atoms with Crippen LogP contribution >= 0.6 is 0 Å². The highest BCUT2D eigenvalue weighted by Gasteiger charge is 2.44. The molecule has 1 aromatic heterocycles. The van der Waals surface area contributed by atoms with Crippen LogP contribution in [0.25, 0.3) is 22.1 Å². The Balaban J connectivity index is 1.35. The molecule has 3 nitrogen and oxygen atoms in total. The number of benzene rings is 6. The standard InChI is InChI=1S/C52H53BN2O/c1-32-27-39(52(9,10)11)28-33(2)49(32)55-44-22-15-35(34-16-24-47-36(29-34)25-26-56-47)30-41(44)53-42-31-38(51(6,7)8)19-23-43(42)54(45-13-12-14-46(55)48(45)53)40-20-17-37(18-21-40)50(3,4)5/h12-31H,1-11H3.